The molecule has 1 aliphatic carbocycles. The van der Waals surface area contributed by atoms with Gasteiger partial charge in [-0.15, -0.1) is 0 Å². The standard InChI is InChI=1S/C19H36N2O/c1-6-21(7-2)15-14-20-18(22)19(5)12-9-8-10-17(11-13-19)16(3)4/h8,10,16-17H,6-7,9,11-15H2,1-5H3,(H,20,22)/b10-8+. The van der Waals surface area contributed by atoms with Crippen LogP contribution in [0.3, 0.4) is 0 Å². The van der Waals surface area contributed by atoms with Crippen molar-refractivity contribution in [1.82, 2.24) is 10.2 Å². The number of hydrogen-bond acceptors (Lipinski definition) is 2. The molecule has 1 amide bonds. The highest BCUT2D eigenvalue weighted by Gasteiger charge is 2.33. The van der Waals surface area contributed by atoms with Gasteiger partial charge in [0.2, 0.25) is 5.91 Å². The van der Waals surface area contributed by atoms with E-state index in [0.717, 1.165) is 51.9 Å². The van der Waals surface area contributed by atoms with E-state index >= 15 is 0 Å². The Hall–Kier alpha value is -0.830. The Kier molecular flexibility index (Phi) is 8.16. The molecule has 0 saturated carbocycles. The van der Waals surface area contributed by atoms with E-state index < -0.39 is 0 Å². The fourth-order valence-electron chi connectivity index (χ4n) is 3.24. The molecule has 0 aromatic rings. The Morgan fingerprint density at radius 3 is 2.59 bits per heavy atom. The van der Waals surface area contributed by atoms with Gasteiger partial charge in [-0.05, 0) is 50.6 Å². The quantitative estimate of drug-likeness (QED) is 0.724. The lowest BCUT2D eigenvalue weighted by Crippen LogP contribution is -2.43. The number of hydrogen-bond donors (Lipinski definition) is 1. The van der Waals surface area contributed by atoms with Crippen LogP contribution >= 0.6 is 0 Å². The molecule has 0 bridgehead atoms. The van der Waals surface area contributed by atoms with Crippen LogP contribution in [0.15, 0.2) is 12.2 Å². The largest absolute Gasteiger partial charge is 0.354 e. The van der Waals surface area contributed by atoms with Gasteiger partial charge in [-0.25, -0.2) is 0 Å². The van der Waals surface area contributed by atoms with Crippen LogP contribution in [0.4, 0.5) is 0 Å². The Labute approximate surface area is 137 Å². The minimum atomic E-state index is -0.207. The van der Waals surface area contributed by atoms with Gasteiger partial charge in [0.05, 0.1) is 0 Å². The Bertz CT molecular complexity index is 360. The van der Waals surface area contributed by atoms with E-state index in [2.05, 4.69) is 57.0 Å². The summed E-state index contributed by atoms with van der Waals surface area (Å²) in [6.07, 6.45) is 8.74. The molecule has 1 N–H and O–H groups in total. The van der Waals surface area contributed by atoms with E-state index in [0.29, 0.717) is 11.8 Å². The monoisotopic (exact) mass is 308 g/mol. The highest BCUT2D eigenvalue weighted by Crippen LogP contribution is 2.35. The highest BCUT2D eigenvalue weighted by molar-refractivity contribution is 5.82. The van der Waals surface area contributed by atoms with Crippen molar-refractivity contribution in [2.75, 3.05) is 26.2 Å². The van der Waals surface area contributed by atoms with E-state index in [9.17, 15) is 4.79 Å². The number of carbonyl (C=O) groups excluding carboxylic acids is 1. The lowest BCUT2D eigenvalue weighted by atomic mass is 9.74. The van der Waals surface area contributed by atoms with Gasteiger partial charge < -0.3 is 10.2 Å². The van der Waals surface area contributed by atoms with E-state index in [-0.39, 0.29) is 11.3 Å². The molecule has 0 spiro atoms. The Balaban J connectivity index is 2.53. The molecule has 2 atom stereocenters. The number of carbonyl (C=O) groups is 1. The maximum atomic E-state index is 12.7. The molecular weight excluding hydrogens is 272 g/mol. The molecule has 0 radical (unpaired) electrons. The fourth-order valence-corrected chi connectivity index (χ4v) is 3.24. The molecule has 0 saturated heterocycles. The van der Waals surface area contributed by atoms with E-state index in [1.807, 2.05) is 0 Å². The number of rotatable bonds is 7. The minimum absolute atomic E-state index is 0.207. The lowest BCUT2D eigenvalue weighted by molar-refractivity contribution is -0.131. The summed E-state index contributed by atoms with van der Waals surface area (Å²) in [5.41, 5.74) is -0.207. The first-order valence-electron chi connectivity index (χ1n) is 9.10. The van der Waals surface area contributed by atoms with Gasteiger partial charge in [0.1, 0.15) is 0 Å². The van der Waals surface area contributed by atoms with Crippen molar-refractivity contribution in [3.63, 3.8) is 0 Å². The molecule has 128 valence electrons. The summed E-state index contributed by atoms with van der Waals surface area (Å²) in [6, 6.07) is 0. The smallest absolute Gasteiger partial charge is 0.225 e. The molecule has 0 aliphatic heterocycles. The number of likely N-dealkylation sites (N-methyl/N-ethyl adjacent to an activating group) is 1. The van der Waals surface area contributed by atoms with Gasteiger partial charge in [-0.3, -0.25) is 4.79 Å². The molecule has 2 unspecified atom stereocenters. The van der Waals surface area contributed by atoms with Crippen molar-refractivity contribution in [2.45, 2.75) is 60.3 Å². The molecule has 0 aromatic heterocycles. The van der Waals surface area contributed by atoms with Gasteiger partial charge >= 0.3 is 0 Å². The summed E-state index contributed by atoms with van der Waals surface area (Å²) < 4.78 is 0. The third kappa shape index (κ3) is 5.75. The van der Waals surface area contributed by atoms with Crippen LogP contribution in [0, 0.1) is 17.3 Å². The van der Waals surface area contributed by atoms with Gasteiger partial charge in [-0.1, -0.05) is 46.8 Å². The van der Waals surface area contributed by atoms with E-state index in [1.165, 1.54) is 0 Å². The predicted molar refractivity (Wildman–Crippen MR) is 94.8 cm³/mol. The normalized spacial score (nSPS) is 27.5. The Morgan fingerprint density at radius 2 is 2.00 bits per heavy atom. The molecule has 1 rings (SSSR count). The van der Waals surface area contributed by atoms with Crippen molar-refractivity contribution in [3.8, 4) is 0 Å². The topological polar surface area (TPSA) is 32.3 Å². The van der Waals surface area contributed by atoms with Crippen LogP contribution in [-0.4, -0.2) is 37.0 Å². The zero-order valence-electron chi connectivity index (χ0n) is 15.3. The SMILES string of the molecule is CCN(CC)CCNC(=O)C1(C)CC/C=C/C(C(C)C)CC1. The molecule has 0 aromatic carbocycles. The second-order valence-electron chi connectivity index (χ2n) is 7.26. The summed E-state index contributed by atoms with van der Waals surface area (Å²) in [4.78, 5) is 15.0. The zero-order chi connectivity index (χ0) is 16.6. The van der Waals surface area contributed by atoms with Gasteiger partial charge in [0, 0.05) is 18.5 Å². The lowest BCUT2D eigenvalue weighted by Gasteiger charge is -2.32. The van der Waals surface area contributed by atoms with Crippen LogP contribution in [0.25, 0.3) is 0 Å². The molecule has 3 nitrogen and oxygen atoms in total. The fraction of sp³-hybridized carbons (Fsp3) is 0.842. The zero-order valence-corrected chi connectivity index (χ0v) is 15.3. The summed E-state index contributed by atoms with van der Waals surface area (Å²) in [6.45, 7) is 14.8. The summed E-state index contributed by atoms with van der Waals surface area (Å²) in [5, 5.41) is 3.18. The summed E-state index contributed by atoms with van der Waals surface area (Å²) >= 11 is 0. The van der Waals surface area contributed by atoms with Crippen molar-refractivity contribution < 1.29 is 4.79 Å². The second kappa shape index (κ2) is 9.34. The number of nitrogens with one attached hydrogen (secondary N) is 1. The van der Waals surface area contributed by atoms with E-state index in [1.54, 1.807) is 0 Å². The van der Waals surface area contributed by atoms with Crippen LogP contribution in [0.5, 0.6) is 0 Å². The molecule has 22 heavy (non-hydrogen) atoms. The maximum absolute atomic E-state index is 12.7. The first-order chi connectivity index (χ1) is 10.4. The van der Waals surface area contributed by atoms with Gasteiger partial charge in [0.25, 0.3) is 0 Å². The first-order valence-corrected chi connectivity index (χ1v) is 9.10. The van der Waals surface area contributed by atoms with Crippen LogP contribution in [0.1, 0.15) is 60.3 Å². The highest BCUT2D eigenvalue weighted by atomic mass is 16.2. The number of allylic oxidation sites excluding steroid dienone is 2. The molecular formula is C19H36N2O. The van der Waals surface area contributed by atoms with Crippen molar-refractivity contribution in [1.29, 1.82) is 0 Å². The average molecular weight is 309 g/mol. The van der Waals surface area contributed by atoms with Gasteiger partial charge in [-0.2, -0.15) is 0 Å². The third-order valence-corrected chi connectivity index (χ3v) is 5.29. The van der Waals surface area contributed by atoms with Crippen LogP contribution in [-0.2, 0) is 4.79 Å². The second-order valence-corrected chi connectivity index (χ2v) is 7.26. The molecule has 0 fully saturated rings. The van der Waals surface area contributed by atoms with Crippen molar-refractivity contribution in [3.05, 3.63) is 12.2 Å². The predicted octanol–water partition coefficient (Wildman–Crippen LogP) is 3.85. The molecule has 3 heteroatoms. The summed E-state index contributed by atoms with van der Waals surface area (Å²) in [5.74, 6) is 1.52. The molecule has 1 aliphatic rings. The molecule has 0 heterocycles. The van der Waals surface area contributed by atoms with Crippen LogP contribution < -0.4 is 5.32 Å². The van der Waals surface area contributed by atoms with Crippen molar-refractivity contribution in [2.24, 2.45) is 17.3 Å². The van der Waals surface area contributed by atoms with Gasteiger partial charge in [0.15, 0.2) is 0 Å². The Morgan fingerprint density at radius 1 is 1.32 bits per heavy atom. The first kappa shape index (κ1) is 19.2. The summed E-state index contributed by atoms with van der Waals surface area (Å²) in [7, 11) is 0. The third-order valence-electron chi connectivity index (χ3n) is 5.29. The minimum Gasteiger partial charge on any atom is -0.354 e. The average Bonchev–Trinajstić information content (AvgIpc) is 2.47. The van der Waals surface area contributed by atoms with Crippen LogP contribution in [0.2, 0.25) is 0 Å². The maximum Gasteiger partial charge on any atom is 0.225 e. The van der Waals surface area contributed by atoms with E-state index in [4.69, 9.17) is 0 Å². The number of amides is 1. The van der Waals surface area contributed by atoms with Crippen molar-refractivity contribution >= 4 is 5.91 Å². The number of nitrogens with zero attached hydrogens (tertiary/aromatic N) is 1.